The molecule has 0 aromatic rings. The van der Waals surface area contributed by atoms with Crippen LogP contribution in [0.4, 0.5) is 0 Å². The van der Waals surface area contributed by atoms with E-state index >= 15 is 0 Å². The Labute approximate surface area is 75.3 Å². The van der Waals surface area contributed by atoms with Crippen molar-refractivity contribution in [3.63, 3.8) is 0 Å². The molecule has 0 rings (SSSR count). The van der Waals surface area contributed by atoms with E-state index in [0.29, 0.717) is 6.61 Å². The van der Waals surface area contributed by atoms with Crippen LogP contribution in [0.15, 0.2) is 0 Å². The summed E-state index contributed by atoms with van der Waals surface area (Å²) in [5.41, 5.74) is -0.571. The average molecular weight is 170 g/mol. The smallest absolute Gasteiger partial charge is 0.164 e. The maximum atomic E-state index is 5.56. The Hall–Kier alpha value is -0.520. The summed E-state index contributed by atoms with van der Waals surface area (Å²) in [7, 11) is 0. The summed E-state index contributed by atoms with van der Waals surface area (Å²) >= 11 is 0. The van der Waals surface area contributed by atoms with Crippen LogP contribution in [0.25, 0.3) is 0 Å². The van der Waals surface area contributed by atoms with Crippen molar-refractivity contribution in [1.29, 1.82) is 0 Å². The third-order valence-electron chi connectivity index (χ3n) is 1.34. The summed E-state index contributed by atoms with van der Waals surface area (Å²) in [6.07, 6.45) is 5.28. The molecule has 70 valence electrons. The fourth-order valence-electron chi connectivity index (χ4n) is 1.02. The van der Waals surface area contributed by atoms with Crippen molar-refractivity contribution >= 4 is 0 Å². The number of hydrogen-bond acceptors (Lipinski definition) is 2. The van der Waals surface area contributed by atoms with E-state index in [0.717, 1.165) is 0 Å². The molecule has 0 aromatic heterocycles. The van der Waals surface area contributed by atoms with Gasteiger partial charge in [-0.3, -0.25) is 0 Å². The highest BCUT2D eigenvalue weighted by molar-refractivity contribution is 5.03. The van der Waals surface area contributed by atoms with E-state index in [1.54, 1.807) is 0 Å². The van der Waals surface area contributed by atoms with E-state index in [2.05, 4.69) is 5.92 Å². The second-order valence-corrected chi connectivity index (χ2v) is 3.59. The van der Waals surface area contributed by atoms with Crippen molar-refractivity contribution in [3.05, 3.63) is 0 Å². The van der Waals surface area contributed by atoms with Crippen LogP contribution in [0.3, 0.4) is 0 Å². The predicted molar refractivity (Wildman–Crippen MR) is 49.7 cm³/mol. The van der Waals surface area contributed by atoms with Crippen molar-refractivity contribution in [3.8, 4) is 12.3 Å². The van der Waals surface area contributed by atoms with E-state index in [1.165, 1.54) is 0 Å². The molecular weight excluding hydrogens is 152 g/mol. The predicted octanol–water partition coefficient (Wildman–Crippen LogP) is 2.19. The highest BCUT2D eigenvalue weighted by Gasteiger charge is 2.27. The van der Waals surface area contributed by atoms with E-state index in [4.69, 9.17) is 15.9 Å². The van der Waals surface area contributed by atoms with Gasteiger partial charge in [-0.1, -0.05) is 5.92 Å². The molecular formula is C10H18O2. The van der Waals surface area contributed by atoms with Gasteiger partial charge < -0.3 is 9.47 Å². The Balaban J connectivity index is 4.16. The van der Waals surface area contributed by atoms with Gasteiger partial charge >= 0.3 is 0 Å². The molecule has 0 N–H and O–H groups in total. The second-order valence-electron chi connectivity index (χ2n) is 3.59. The van der Waals surface area contributed by atoms with Crippen molar-refractivity contribution in [1.82, 2.24) is 0 Å². The fraction of sp³-hybridized carbons (Fsp3) is 0.800. The summed E-state index contributed by atoms with van der Waals surface area (Å²) < 4.78 is 10.9. The lowest BCUT2D eigenvalue weighted by atomic mass is 10.1. The van der Waals surface area contributed by atoms with E-state index in [9.17, 15) is 0 Å². The molecule has 2 heteroatoms. The average Bonchev–Trinajstić information content (AvgIpc) is 1.85. The first-order valence-electron chi connectivity index (χ1n) is 4.15. The van der Waals surface area contributed by atoms with Gasteiger partial charge in [0.25, 0.3) is 0 Å². The zero-order valence-electron chi connectivity index (χ0n) is 8.60. The minimum absolute atomic E-state index is 0.571. The molecule has 0 amide bonds. The van der Waals surface area contributed by atoms with Crippen molar-refractivity contribution in [2.45, 2.75) is 46.0 Å². The molecule has 0 heterocycles. The largest absolute Gasteiger partial charge is 0.351 e. The minimum Gasteiger partial charge on any atom is -0.351 e. The van der Waals surface area contributed by atoms with Gasteiger partial charge in [-0.25, -0.2) is 0 Å². The highest BCUT2D eigenvalue weighted by atomic mass is 16.7. The van der Waals surface area contributed by atoms with Gasteiger partial charge in [0.2, 0.25) is 0 Å². The standard InChI is InChI=1S/C10H18O2/c1-7-9(3,4)12-10(5,6)11-8-2/h1H,8H2,2-6H3. The van der Waals surface area contributed by atoms with Gasteiger partial charge in [-0.05, 0) is 34.6 Å². The molecule has 0 spiro atoms. The van der Waals surface area contributed by atoms with Gasteiger partial charge in [0.05, 0.1) is 0 Å². The minimum atomic E-state index is -0.607. The van der Waals surface area contributed by atoms with Crippen molar-refractivity contribution in [2.24, 2.45) is 0 Å². The summed E-state index contributed by atoms with van der Waals surface area (Å²) in [4.78, 5) is 0. The molecule has 0 aliphatic rings. The Morgan fingerprint density at radius 1 is 1.25 bits per heavy atom. The molecule has 0 atom stereocenters. The number of terminal acetylenes is 1. The highest BCUT2D eigenvalue weighted by Crippen LogP contribution is 2.20. The van der Waals surface area contributed by atoms with Gasteiger partial charge in [0.15, 0.2) is 5.79 Å². The summed E-state index contributed by atoms with van der Waals surface area (Å²) in [6, 6.07) is 0. The van der Waals surface area contributed by atoms with E-state index in [-0.39, 0.29) is 0 Å². The number of rotatable bonds is 4. The van der Waals surface area contributed by atoms with Crippen LogP contribution in [0.2, 0.25) is 0 Å². The van der Waals surface area contributed by atoms with Crippen LogP contribution in [-0.4, -0.2) is 18.0 Å². The van der Waals surface area contributed by atoms with Crippen LogP contribution in [0.1, 0.15) is 34.6 Å². The molecule has 12 heavy (non-hydrogen) atoms. The van der Waals surface area contributed by atoms with Gasteiger partial charge in [0.1, 0.15) is 5.60 Å². The van der Waals surface area contributed by atoms with Crippen LogP contribution in [-0.2, 0) is 9.47 Å². The molecule has 0 saturated heterocycles. The van der Waals surface area contributed by atoms with Crippen LogP contribution >= 0.6 is 0 Å². The first kappa shape index (κ1) is 11.5. The quantitative estimate of drug-likeness (QED) is 0.475. The molecule has 0 aliphatic heterocycles. The maximum Gasteiger partial charge on any atom is 0.164 e. The molecule has 0 radical (unpaired) electrons. The van der Waals surface area contributed by atoms with Gasteiger partial charge in [0, 0.05) is 6.61 Å². The summed E-state index contributed by atoms with van der Waals surface area (Å²) in [6.45, 7) is 9.94. The zero-order valence-corrected chi connectivity index (χ0v) is 8.60. The first-order chi connectivity index (χ1) is 5.33. The van der Waals surface area contributed by atoms with Crippen LogP contribution in [0, 0.1) is 12.3 Å². The van der Waals surface area contributed by atoms with Crippen molar-refractivity contribution in [2.75, 3.05) is 6.61 Å². The molecule has 0 aliphatic carbocycles. The first-order valence-corrected chi connectivity index (χ1v) is 4.15. The Bertz CT molecular complexity index is 175. The molecule has 0 saturated carbocycles. The Kier molecular flexibility index (Phi) is 3.76. The van der Waals surface area contributed by atoms with Gasteiger partial charge in [-0.2, -0.15) is 0 Å². The van der Waals surface area contributed by atoms with E-state index < -0.39 is 11.4 Å². The molecule has 0 fully saturated rings. The SMILES string of the molecule is C#CC(C)(C)OC(C)(C)OCC. The lowest BCUT2D eigenvalue weighted by Gasteiger charge is -2.32. The molecule has 2 nitrogen and oxygen atoms in total. The Morgan fingerprint density at radius 3 is 2.08 bits per heavy atom. The lowest BCUT2D eigenvalue weighted by molar-refractivity contribution is -0.245. The fourth-order valence-corrected chi connectivity index (χ4v) is 1.02. The van der Waals surface area contributed by atoms with Gasteiger partial charge in [-0.15, -0.1) is 6.42 Å². The Morgan fingerprint density at radius 2 is 1.75 bits per heavy atom. The third kappa shape index (κ3) is 4.38. The lowest BCUT2D eigenvalue weighted by Crippen LogP contribution is -2.38. The number of ether oxygens (including phenoxy) is 2. The summed E-state index contributed by atoms with van der Waals surface area (Å²) in [5.74, 6) is 1.95. The van der Waals surface area contributed by atoms with E-state index in [1.807, 2.05) is 34.6 Å². The molecule has 0 bridgehead atoms. The van der Waals surface area contributed by atoms with Crippen molar-refractivity contribution < 1.29 is 9.47 Å². The topological polar surface area (TPSA) is 18.5 Å². The summed E-state index contributed by atoms with van der Waals surface area (Å²) in [5, 5.41) is 0. The monoisotopic (exact) mass is 170 g/mol. The van der Waals surface area contributed by atoms with Crippen LogP contribution < -0.4 is 0 Å². The third-order valence-corrected chi connectivity index (χ3v) is 1.34. The molecule has 0 unspecified atom stereocenters. The second kappa shape index (κ2) is 3.93. The molecule has 0 aromatic carbocycles. The normalized spacial score (nSPS) is 12.7. The van der Waals surface area contributed by atoms with Crippen LogP contribution in [0.5, 0.6) is 0 Å². The maximum absolute atomic E-state index is 5.56. The number of hydrogen-bond donors (Lipinski definition) is 0. The zero-order chi connectivity index (χ0) is 9.83.